The Hall–Kier alpha value is -2.92. The fourth-order valence-corrected chi connectivity index (χ4v) is 4.66. The molecule has 2 atom stereocenters. The van der Waals surface area contributed by atoms with Gasteiger partial charge in [-0.3, -0.25) is 4.79 Å². The van der Waals surface area contributed by atoms with Crippen LogP contribution in [-0.4, -0.2) is 22.8 Å². The first-order valence-corrected chi connectivity index (χ1v) is 10.9. The van der Waals surface area contributed by atoms with Crippen molar-refractivity contribution in [3.63, 3.8) is 0 Å². The zero-order chi connectivity index (χ0) is 21.8. The molecule has 1 aliphatic heterocycles. The van der Waals surface area contributed by atoms with E-state index in [4.69, 9.17) is 11.6 Å². The number of aromatic nitrogens is 1. The van der Waals surface area contributed by atoms with Crippen molar-refractivity contribution in [2.75, 3.05) is 11.9 Å². The number of halogens is 2. The smallest absolute Gasteiger partial charge is 0.210 e. The van der Waals surface area contributed by atoms with Gasteiger partial charge in [0.1, 0.15) is 11.0 Å². The molecule has 1 N–H and O–H groups in total. The number of likely N-dealkylation sites (tertiary alicyclic amines) is 1. The summed E-state index contributed by atoms with van der Waals surface area (Å²) in [7, 11) is 0. The molecular formula is C25H25ClFN3O. The minimum atomic E-state index is -0.241. The molecule has 4 rings (SSSR count). The van der Waals surface area contributed by atoms with Gasteiger partial charge in [0.05, 0.1) is 11.7 Å². The van der Waals surface area contributed by atoms with E-state index in [-0.39, 0.29) is 17.8 Å². The summed E-state index contributed by atoms with van der Waals surface area (Å²) in [4.78, 5) is 18.2. The number of amides is 1. The van der Waals surface area contributed by atoms with Crippen LogP contribution in [0.5, 0.6) is 0 Å². The van der Waals surface area contributed by atoms with Crippen LogP contribution in [0.3, 0.4) is 0 Å². The largest absolute Gasteiger partial charge is 0.355 e. The van der Waals surface area contributed by atoms with Crippen LogP contribution in [0.1, 0.15) is 48.4 Å². The van der Waals surface area contributed by atoms with Gasteiger partial charge in [-0.25, -0.2) is 9.37 Å². The first kappa shape index (κ1) is 21.3. The molecule has 2 aromatic carbocycles. The lowest BCUT2D eigenvalue weighted by atomic mass is 9.82. The summed E-state index contributed by atoms with van der Waals surface area (Å²) in [6.07, 6.45) is 4.98. The maximum absolute atomic E-state index is 13.4. The van der Waals surface area contributed by atoms with E-state index in [0.717, 1.165) is 47.3 Å². The van der Waals surface area contributed by atoms with Crippen molar-refractivity contribution in [2.24, 2.45) is 0 Å². The van der Waals surface area contributed by atoms with E-state index in [0.29, 0.717) is 18.1 Å². The number of anilines is 2. The number of rotatable bonds is 6. The van der Waals surface area contributed by atoms with Crippen LogP contribution >= 0.6 is 11.6 Å². The van der Waals surface area contributed by atoms with Crippen LogP contribution < -0.4 is 5.32 Å². The molecule has 1 amide bonds. The highest BCUT2D eigenvalue weighted by Gasteiger charge is 2.32. The van der Waals surface area contributed by atoms with Gasteiger partial charge in [0.15, 0.2) is 0 Å². The number of pyridine rings is 1. The van der Waals surface area contributed by atoms with Crippen LogP contribution in [0, 0.1) is 5.82 Å². The summed E-state index contributed by atoms with van der Waals surface area (Å²) in [6.45, 7) is 2.67. The lowest BCUT2D eigenvalue weighted by Gasteiger charge is -2.38. The Balaban J connectivity index is 1.74. The normalized spacial score (nSPS) is 18.6. The molecule has 1 fully saturated rings. The molecule has 3 aromatic rings. The van der Waals surface area contributed by atoms with Gasteiger partial charge in [-0.15, -0.1) is 0 Å². The maximum atomic E-state index is 13.4. The Morgan fingerprint density at radius 1 is 1.19 bits per heavy atom. The molecule has 6 heteroatoms. The fourth-order valence-electron chi connectivity index (χ4n) is 4.39. The number of carbonyl (C=O) groups excluding carboxylic acids is 1. The highest BCUT2D eigenvalue weighted by atomic mass is 35.5. The molecule has 160 valence electrons. The summed E-state index contributed by atoms with van der Waals surface area (Å²) in [5, 5.41) is 3.99. The molecule has 0 aliphatic carbocycles. The third-order valence-electron chi connectivity index (χ3n) is 6.03. The second-order valence-corrected chi connectivity index (χ2v) is 8.19. The number of nitrogens with one attached hydrogen (secondary N) is 1. The molecule has 2 heterocycles. The van der Waals surface area contributed by atoms with E-state index in [9.17, 15) is 9.18 Å². The highest BCUT2D eigenvalue weighted by molar-refractivity contribution is 6.30. The Kier molecular flexibility index (Phi) is 6.52. The Morgan fingerprint density at radius 2 is 1.94 bits per heavy atom. The van der Waals surface area contributed by atoms with Gasteiger partial charge in [-0.1, -0.05) is 48.9 Å². The average molecular weight is 438 g/mol. The van der Waals surface area contributed by atoms with Crippen molar-refractivity contribution in [3.8, 4) is 0 Å². The molecule has 0 radical (unpaired) electrons. The van der Waals surface area contributed by atoms with Crippen molar-refractivity contribution < 1.29 is 9.18 Å². The Bertz CT molecular complexity index is 1040. The van der Waals surface area contributed by atoms with Gasteiger partial charge in [0, 0.05) is 29.6 Å². The topological polar surface area (TPSA) is 45.2 Å². The first-order chi connectivity index (χ1) is 15.1. The number of hydrogen-bond donors (Lipinski definition) is 1. The van der Waals surface area contributed by atoms with Crippen molar-refractivity contribution in [1.82, 2.24) is 9.88 Å². The maximum Gasteiger partial charge on any atom is 0.210 e. The van der Waals surface area contributed by atoms with Crippen LogP contribution in [0.25, 0.3) is 0 Å². The lowest BCUT2D eigenvalue weighted by Crippen LogP contribution is -2.35. The Morgan fingerprint density at radius 3 is 2.61 bits per heavy atom. The zero-order valence-corrected chi connectivity index (χ0v) is 18.1. The number of carbonyl (C=O) groups is 1. The lowest BCUT2D eigenvalue weighted by molar-refractivity contribution is -0.121. The SMILES string of the molecule is CCc1c(Cl)ncc(C2CC(c3ccc(F)cc3)CCN2C=O)c1Nc1ccccc1. The zero-order valence-electron chi connectivity index (χ0n) is 17.4. The van der Waals surface area contributed by atoms with Crippen LogP contribution in [0.15, 0.2) is 60.8 Å². The van der Waals surface area contributed by atoms with Crippen molar-refractivity contribution >= 4 is 29.4 Å². The molecule has 1 saturated heterocycles. The van der Waals surface area contributed by atoms with E-state index in [1.165, 1.54) is 12.1 Å². The molecule has 1 aromatic heterocycles. The predicted molar refractivity (Wildman–Crippen MR) is 122 cm³/mol. The number of piperidine rings is 1. The third kappa shape index (κ3) is 4.57. The first-order valence-electron chi connectivity index (χ1n) is 10.6. The van der Waals surface area contributed by atoms with Gasteiger partial charge in [0.2, 0.25) is 6.41 Å². The van der Waals surface area contributed by atoms with E-state index in [2.05, 4.69) is 10.3 Å². The summed E-state index contributed by atoms with van der Waals surface area (Å²) >= 11 is 6.45. The number of benzene rings is 2. The monoisotopic (exact) mass is 437 g/mol. The number of para-hydroxylation sites is 1. The van der Waals surface area contributed by atoms with Gasteiger partial charge in [-0.2, -0.15) is 0 Å². The third-order valence-corrected chi connectivity index (χ3v) is 6.36. The van der Waals surface area contributed by atoms with Crippen molar-refractivity contribution in [1.29, 1.82) is 0 Å². The number of nitrogens with zero attached hydrogens (tertiary/aromatic N) is 2. The van der Waals surface area contributed by atoms with Gasteiger partial charge >= 0.3 is 0 Å². The molecule has 0 bridgehead atoms. The highest BCUT2D eigenvalue weighted by Crippen LogP contribution is 2.43. The molecule has 2 unspecified atom stereocenters. The second-order valence-electron chi connectivity index (χ2n) is 7.83. The fraction of sp³-hybridized carbons (Fsp3) is 0.280. The molecule has 1 aliphatic rings. The van der Waals surface area contributed by atoms with Crippen LogP contribution in [-0.2, 0) is 11.2 Å². The minimum Gasteiger partial charge on any atom is -0.355 e. The molecule has 0 saturated carbocycles. The van der Waals surface area contributed by atoms with E-state index in [1.807, 2.05) is 54.3 Å². The van der Waals surface area contributed by atoms with E-state index in [1.54, 1.807) is 6.20 Å². The molecule has 0 spiro atoms. The molecular weight excluding hydrogens is 413 g/mol. The summed E-state index contributed by atoms with van der Waals surface area (Å²) < 4.78 is 13.4. The van der Waals surface area contributed by atoms with E-state index < -0.39 is 0 Å². The summed E-state index contributed by atoms with van der Waals surface area (Å²) in [5.41, 5.74) is 4.82. The summed E-state index contributed by atoms with van der Waals surface area (Å²) in [5.74, 6) is -0.0124. The quantitative estimate of drug-likeness (QED) is 0.366. The minimum absolute atomic E-state index is 0.150. The van der Waals surface area contributed by atoms with Gasteiger partial charge < -0.3 is 10.2 Å². The number of hydrogen-bond acceptors (Lipinski definition) is 3. The molecule has 31 heavy (non-hydrogen) atoms. The predicted octanol–water partition coefficient (Wildman–Crippen LogP) is 6.26. The van der Waals surface area contributed by atoms with Crippen LogP contribution in [0.2, 0.25) is 5.15 Å². The summed E-state index contributed by atoms with van der Waals surface area (Å²) in [6, 6.07) is 16.4. The Labute approximate surface area is 187 Å². The van der Waals surface area contributed by atoms with Crippen molar-refractivity contribution in [2.45, 2.75) is 38.1 Å². The van der Waals surface area contributed by atoms with Gasteiger partial charge in [0.25, 0.3) is 0 Å². The second kappa shape index (κ2) is 9.48. The molecule has 4 nitrogen and oxygen atoms in total. The van der Waals surface area contributed by atoms with Crippen molar-refractivity contribution in [3.05, 3.63) is 88.5 Å². The van der Waals surface area contributed by atoms with Crippen LogP contribution in [0.4, 0.5) is 15.8 Å². The standard InChI is InChI=1S/C25H25ClFN3O/c1-2-21-24(29-20-6-4-3-5-7-20)22(15-28-25(21)26)23-14-18(12-13-30(23)16-31)17-8-10-19(27)11-9-17/h3-11,15-16,18,23H,2,12-14H2,1H3,(H,28,29). The van der Waals surface area contributed by atoms with E-state index >= 15 is 0 Å². The van der Waals surface area contributed by atoms with Gasteiger partial charge in [-0.05, 0) is 55.0 Å². The average Bonchev–Trinajstić information content (AvgIpc) is 2.80.